The maximum absolute atomic E-state index is 11.8. The molecule has 0 aliphatic rings. The van der Waals surface area contributed by atoms with Crippen molar-refractivity contribution in [2.45, 2.75) is 19.9 Å². The van der Waals surface area contributed by atoms with Crippen LogP contribution in [0.15, 0.2) is 24.3 Å². The van der Waals surface area contributed by atoms with Crippen molar-refractivity contribution in [2.75, 3.05) is 27.2 Å². The first-order valence-electron chi connectivity index (χ1n) is 6.48. The molecule has 0 radical (unpaired) electrons. The van der Waals surface area contributed by atoms with Gasteiger partial charge in [-0.15, -0.1) is 0 Å². The Balaban J connectivity index is 2.72. The summed E-state index contributed by atoms with van der Waals surface area (Å²) in [6.45, 7) is 4.08. The van der Waals surface area contributed by atoms with Crippen LogP contribution in [0.2, 0.25) is 0 Å². The molecule has 0 saturated carbocycles. The first-order chi connectivity index (χ1) is 9.06. The van der Waals surface area contributed by atoms with Gasteiger partial charge < -0.3 is 4.90 Å². The van der Waals surface area contributed by atoms with E-state index in [1.54, 1.807) is 25.1 Å². The molecule has 0 aromatic heterocycles. The van der Waals surface area contributed by atoms with E-state index in [0.29, 0.717) is 18.7 Å². The number of carbonyl (C=O) groups is 1. The fraction of sp³-hybridized carbons (Fsp3) is 0.467. The molecule has 0 saturated heterocycles. The molecule has 1 aromatic carbocycles. The summed E-state index contributed by atoms with van der Waals surface area (Å²) in [4.78, 5) is 15.5. The summed E-state index contributed by atoms with van der Waals surface area (Å²) in [5, 5.41) is 8.89. The SMILES string of the molecule is CCCN(CC(=O)N(C)C)Cc1cccc(C#N)c1. The average molecular weight is 259 g/mol. The third-order valence-corrected chi connectivity index (χ3v) is 2.86. The molecule has 1 amide bonds. The zero-order chi connectivity index (χ0) is 14.3. The minimum atomic E-state index is 0.102. The van der Waals surface area contributed by atoms with Gasteiger partial charge in [-0.3, -0.25) is 9.69 Å². The van der Waals surface area contributed by atoms with Crippen molar-refractivity contribution in [3.8, 4) is 6.07 Å². The van der Waals surface area contributed by atoms with Gasteiger partial charge in [-0.25, -0.2) is 0 Å². The van der Waals surface area contributed by atoms with Crippen LogP contribution >= 0.6 is 0 Å². The van der Waals surface area contributed by atoms with Crippen LogP contribution < -0.4 is 0 Å². The van der Waals surface area contributed by atoms with Crippen LogP contribution in [0.4, 0.5) is 0 Å². The van der Waals surface area contributed by atoms with E-state index in [2.05, 4.69) is 17.9 Å². The Bertz CT molecular complexity index is 463. The smallest absolute Gasteiger partial charge is 0.236 e. The van der Waals surface area contributed by atoms with Gasteiger partial charge in [0, 0.05) is 20.6 Å². The molecule has 0 fully saturated rings. The van der Waals surface area contributed by atoms with Gasteiger partial charge >= 0.3 is 0 Å². The molecule has 0 unspecified atom stereocenters. The first kappa shape index (κ1) is 15.2. The van der Waals surface area contributed by atoms with Gasteiger partial charge in [0.1, 0.15) is 0 Å². The van der Waals surface area contributed by atoms with Crippen LogP contribution in [0, 0.1) is 11.3 Å². The predicted octanol–water partition coefficient (Wildman–Crippen LogP) is 1.86. The quantitative estimate of drug-likeness (QED) is 0.783. The second-order valence-corrected chi connectivity index (χ2v) is 4.81. The monoisotopic (exact) mass is 259 g/mol. The van der Waals surface area contributed by atoms with Gasteiger partial charge in [0.25, 0.3) is 0 Å². The molecule has 4 heteroatoms. The van der Waals surface area contributed by atoms with E-state index in [-0.39, 0.29) is 5.91 Å². The lowest BCUT2D eigenvalue weighted by atomic mass is 10.1. The zero-order valence-electron chi connectivity index (χ0n) is 11.9. The fourth-order valence-electron chi connectivity index (χ4n) is 1.86. The molecule has 102 valence electrons. The normalized spacial score (nSPS) is 10.3. The van der Waals surface area contributed by atoms with Gasteiger partial charge in [0.2, 0.25) is 5.91 Å². The molecule has 0 atom stereocenters. The fourth-order valence-corrected chi connectivity index (χ4v) is 1.86. The Morgan fingerprint density at radius 3 is 2.68 bits per heavy atom. The third-order valence-electron chi connectivity index (χ3n) is 2.86. The lowest BCUT2D eigenvalue weighted by molar-refractivity contribution is -0.130. The molecule has 0 spiro atoms. The highest BCUT2D eigenvalue weighted by Crippen LogP contribution is 2.08. The maximum Gasteiger partial charge on any atom is 0.236 e. The standard InChI is InChI=1S/C15H21N3O/c1-4-8-18(12-15(19)17(2)3)11-14-7-5-6-13(9-14)10-16/h5-7,9H,4,8,11-12H2,1-3H3. The Kier molecular flexibility index (Phi) is 6.04. The Morgan fingerprint density at radius 1 is 1.37 bits per heavy atom. The van der Waals surface area contributed by atoms with Crippen LogP contribution in [0.25, 0.3) is 0 Å². The third kappa shape index (κ3) is 5.11. The van der Waals surface area contributed by atoms with E-state index in [1.165, 1.54) is 0 Å². The summed E-state index contributed by atoms with van der Waals surface area (Å²) in [5.41, 5.74) is 1.73. The van der Waals surface area contributed by atoms with Gasteiger partial charge in [-0.05, 0) is 30.7 Å². The molecule has 0 aliphatic heterocycles. The van der Waals surface area contributed by atoms with Gasteiger partial charge in [-0.1, -0.05) is 19.1 Å². The molecule has 1 rings (SSSR count). The lowest BCUT2D eigenvalue weighted by Crippen LogP contribution is -2.36. The van der Waals surface area contributed by atoms with Crippen molar-refractivity contribution in [3.05, 3.63) is 35.4 Å². The molecule has 0 bridgehead atoms. The highest BCUT2D eigenvalue weighted by Gasteiger charge is 2.12. The summed E-state index contributed by atoms with van der Waals surface area (Å²) in [7, 11) is 3.53. The molecular weight excluding hydrogens is 238 g/mol. The highest BCUT2D eigenvalue weighted by atomic mass is 16.2. The largest absolute Gasteiger partial charge is 0.348 e. The second-order valence-electron chi connectivity index (χ2n) is 4.81. The number of benzene rings is 1. The molecule has 1 aromatic rings. The Hall–Kier alpha value is -1.86. The summed E-state index contributed by atoms with van der Waals surface area (Å²) in [6.07, 6.45) is 0.999. The number of amides is 1. The zero-order valence-corrected chi connectivity index (χ0v) is 11.9. The summed E-state index contributed by atoms with van der Waals surface area (Å²) in [5.74, 6) is 0.102. The second kappa shape index (κ2) is 7.55. The van der Waals surface area contributed by atoms with Gasteiger partial charge in [-0.2, -0.15) is 5.26 Å². The minimum Gasteiger partial charge on any atom is -0.348 e. The Morgan fingerprint density at radius 2 is 2.11 bits per heavy atom. The number of hydrogen-bond donors (Lipinski definition) is 0. The van der Waals surface area contributed by atoms with E-state index in [0.717, 1.165) is 18.5 Å². The van der Waals surface area contributed by atoms with Crippen molar-refractivity contribution in [1.29, 1.82) is 5.26 Å². The van der Waals surface area contributed by atoms with Crippen molar-refractivity contribution < 1.29 is 4.79 Å². The van der Waals surface area contributed by atoms with E-state index in [1.807, 2.05) is 18.2 Å². The molecule has 19 heavy (non-hydrogen) atoms. The topological polar surface area (TPSA) is 47.3 Å². The first-order valence-corrected chi connectivity index (χ1v) is 6.48. The maximum atomic E-state index is 11.8. The van der Waals surface area contributed by atoms with Crippen LogP contribution in [-0.2, 0) is 11.3 Å². The number of nitriles is 1. The minimum absolute atomic E-state index is 0.102. The molecule has 0 heterocycles. The van der Waals surface area contributed by atoms with E-state index in [4.69, 9.17) is 5.26 Å². The van der Waals surface area contributed by atoms with Gasteiger partial charge in [0.05, 0.1) is 18.2 Å². The number of rotatable bonds is 6. The van der Waals surface area contributed by atoms with Gasteiger partial charge in [0.15, 0.2) is 0 Å². The van der Waals surface area contributed by atoms with E-state index >= 15 is 0 Å². The Labute approximate surface area is 115 Å². The van der Waals surface area contributed by atoms with Crippen molar-refractivity contribution in [1.82, 2.24) is 9.80 Å². The van der Waals surface area contributed by atoms with Crippen molar-refractivity contribution >= 4 is 5.91 Å². The summed E-state index contributed by atoms with van der Waals surface area (Å²) < 4.78 is 0. The van der Waals surface area contributed by atoms with Crippen LogP contribution in [0.3, 0.4) is 0 Å². The van der Waals surface area contributed by atoms with E-state index in [9.17, 15) is 4.79 Å². The van der Waals surface area contributed by atoms with Crippen LogP contribution in [-0.4, -0.2) is 42.9 Å². The highest BCUT2D eigenvalue weighted by molar-refractivity contribution is 5.77. The van der Waals surface area contributed by atoms with Crippen LogP contribution in [0.5, 0.6) is 0 Å². The molecule has 0 N–H and O–H groups in total. The molecule has 4 nitrogen and oxygen atoms in total. The number of nitrogens with zero attached hydrogens (tertiary/aromatic N) is 3. The summed E-state index contributed by atoms with van der Waals surface area (Å²) >= 11 is 0. The molecule has 0 aliphatic carbocycles. The summed E-state index contributed by atoms with van der Waals surface area (Å²) in [6, 6.07) is 9.68. The predicted molar refractivity (Wildman–Crippen MR) is 75.4 cm³/mol. The van der Waals surface area contributed by atoms with Crippen LogP contribution in [0.1, 0.15) is 24.5 Å². The lowest BCUT2D eigenvalue weighted by Gasteiger charge is -2.23. The number of carbonyl (C=O) groups excluding carboxylic acids is 1. The molecular formula is C15H21N3O. The van der Waals surface area contributed by atoms with Crippen molar-refractivity contribution in [2.24, 2.45) is 0 Å². The average Bonchev–Trinajstić information content (AvgIpc) is 2.39. The number of hydrogen-bond acceptors (Lipinski definition) is 3. The van der Waals surface area contributed by atoms with E-state index < -0.39 is 0 Å². The number of likely N-dealkylation sites (N-methyl/N-ethyl adjacent to an activating group) is 1. The van der Waals surface area contributed by atoms with Crippen molar-refractivity contribution in [3.63, 3.8) is 0 Å².